The molecule has 0 saturated carbocycles. The standard InChI is InChI=1S/C20H19N3O4S/c1-26-14-8-9-15(18(10-14)27-2)20(24)21-19-16-11-28(25)12-17(16)22-23(19)13-6-4-3-5-7-13/h3-10H,11-12H2,1-2H3,(H,21,24)/t28-/m1/s1. The minimum atomic E-state index is -1.00. The molecule has 0 saturated heterocycles. The maximum Gasteiger partial charge on any atom is 0.260 e. The monoisotopic (exact) mass is 397 g/mol. The van der Waals surface area contributed by atoms with Crippen LogP contribution in [0.2, 0.25) is 0 Å². The first-order valence-electron chi connectivity index (χ1n) is 8.65. The predicted octanol–water partition coefficient (Wildman–Crippen LogP) is 2.90. The zero-order valence-corrected chi connectivity index (χ0v) is 16.3. The first-order valence-corrected chi connectivity index (χ1v) is 10.1. The van der Waals surface area contributed by atoms with Crippen LogP contribution in [0.4, 0.5) is 5.82 Å². The summed E-state index contributed by atoms with van der Waals surface area (Å²) in [7, 11) is 2.05. The van der Waals surface area contributed by atoms with E-state index in [-0.39, 0.29) is 5.91 Å². The van der Waals surface area contributed by atoms with Gasteiger partial charge in [-0.3, -0.25) is 9.00 Å². The molecule has 2 heterocycles. The van der Waals surface area contributed by atoms with Crippen molar-refractivity contribution in [3.63, 3.8) is 0 Å². The zero-order chi connectivity index (χ0) is 19.7. The Hall–Kier alpha value is -3.13. The number of carbonyl (C=O) groups excluding carboxylic acids is 1. The van der Waals surface area contributed by atoms with Gasteiger partial charge in [0.15, 0.2) is 0 Å². The van der Waals surface area contributed by atoms with Gasteiger partial charge < -0.3 is 14.8 Å². The number of aromatic nitrogens is 2. The molecule has 4 rings (SSSR count). The van der Waals surface area contributed by atoms with Crippen LogP contribution < -0.4 is 14.8 Å². The van der Waals surface area contributed by atoms with Crippen molar-refractivity contribution in [1.82, 2.24) is 9.78 Å². The normalized spacial score (nSPS) is 15.1. The second-order valence-corrected chi connectivity index (χ2v) is 7.73. The third-order valence-corrected chi connectivity index (χ3v) is 5.76. The van der Waals surface area contributed by atoms with E-state index in [2.05, 4.69) is 10.4 Å². The minimum absolute atomic E-state index is 0.336. The van der Waals surface area contributed by atoms with Crippen molar-refractivity contribution in [3.05, 3.63) is 65.4 Å². The van der Waals surface area contributed by atoms with E-state index in [4.69, 9.17) is 9.47 Å². The van der Waals surface area contributed by atoms with Crippen molar-refractivity contribution in [1.29, 1.82) is 0 Å². The van der Waals surface area contributed by atoms with Gasteiger partial charge in [0.1, 0.15) is 17.3 Å². The van der Waals surface area contributed by atoms with Crippen LogP contribution in [0, 0.1) is 0 Å². The van der Waals surface area contributed by atoms with E-state index in [1.54, 1.807) is 30.0 Å². The predicted molar refractivity (Wildman–Crippen MR) is 107 cm³/mol. The molecule has 2 aromatic carbocycles. The molecule has 7 nitrogen and oxygen atoms in total. The zero-order valence-electron chi connectivity index (χ0n) is 15.5. The molecule has 1 atom stereocenters. The van der Waals surface area contributed by atoms with Crippen molar-refractivity contribution in [2.24, 2.45) is 0 Å². The fourth-order valence-electron chi connectivity index (χ4n) is 3.17. The summed E-state index contributed by atoms with van der Waals surface area (Å²) in [6.07, 6.45) is 0. The summed E-state index contributed by atoms with van der Waals surface area (Å²) >= 11 is 0. The van der Waals surface area contributed by atoms with Gasteiger partial charge in [-0.15, -0.1) is 0 Å². The highest BCUT2D eigenvalue weighted by Crippen LogP contribution is 2.32. The van der Waals surface area contributed by atoms with Gasteiger partial charge in [-0.2, -0.15) is 5.10 Å². The van der Waals surface area contributed by atoms with Crippen LogP contribution in [-0.4, -0.2) is 34.1 Å². The molecule has 0 spiro atoms. The van der Waals surface area contributed by atoms with Crippen LogP contribution in [0.3, 0.4) is 0 Å². The second kappa shape index (κ2) is 7.47. The number of anilines is 1. The minimum Gasteiger partial charge on any atom is -0.497 e. The molecule has 1 aromatic heterocycles. The molecular weight excluding hydrogens is 378 g/mol. The fourth-order valence-corrected chi connectivity index (χ4v) is 4.44. The third-order valence-electron chi connectivity index (χ3n) is 4.56. The lowest BCUT2D eigenvalue weighted by atomic mass is 10.1. The first kappa shape index (κ1) is 18.2. The molecule has 0 aliphatic carbocycles. The lowest BCUT2D eigenvalue weighted by molar-refractivity contribution is 0.102. The van der Waals surface area contributed by atoms with Gasteiger partial charge in [0.05, 0.1) is 42.7 Å². The van der Waals surface area contributed by atoms with Gasteiger partial charge in [0.2, 0.25) is 0 Å². The number of fused-ring (bicyclic) bond motifs is 1. The highest BCUT2D eigenvalue weighted by atomic mass is 32.2. The van der Waals surface area contributed by atoms with Crippen LogP contribution in [-0.2, 0) is 22.3 Å². The van der Waals surface area contributed by atoms with E-state index in [1.165, 1.54) is 7.11 Å². The quantitative estimate of drug-likeness (QED) is 0.716. The second-order valence-electron chi connectivity index (χ2n) is 6.27. The first-order chi connectivity index (χ1) is 13.6. The summed E-state index contributed by atoms with van der Waals surface area (Å²) in [5.41, 5.74) is 2.75. The molecule has 8 heteroatoms. The number of benzene rings is 2. The van der Waals surface area contributed by atoms with Crippen molar-refractivity contribution in [3.8, 4) is 17.2 Å². The summed E-state index contributed by atoms with van der Waals surface area (Å²) in [5.74, 6) is 1.97. The molecule has 1 N–H and O–H groups in total. The van der Waals surface area contributed by atoms with Crippen molar-refractivity contribution < 1.29 is 18.5 Å². The van der Waals surface area contributed by atoms with Gasteiger partial charge >= 0.3 is 0 Å². The Labute approximate surface area is 164 Å². The highest BCUT2D eigenvalue weighted by molar-refractivity contribution is 7.83. The Kier molecular flexibility index (Phi) is 4.87. The molecule has 3 aromatic rings. The molecule has 1 aliphatic rings. The number of nitrogens with zero attached hydrogens (tertiary/aromatic N) is 2. The molecule has 1 aliphatic heterocycles. The molecule has 28 heavy (non-hydrogen) atoms. The van der Waals surface area contributed by atoms with Gasteiger partial charge in [-0.05, 0) is 24.3 Å². The topological polar surface area (TPSA) is 82.5 Å². The average molecular weight is 397 g/mol. The molecule has 144 valence electrons. The maximum absolute atomic E-state index is 13.0. The van der Waals surface area contributed by atoms with Crippen LogP contribution >= 0.6 is 0 Å². The van der Waals surface area contributed by atoms with Crippen molar-refractivity contribution >= 4 is 22.5 Å². The summed E-state index contributed by atoms with van der Waals surface area (Å²) in [6.45, 7) is 0. The van der Waals surface area contributed by atoms with E-state index in [0.717, 1.165) is 16.9 Å². The molecule has 0 bridgehead atoms. The van der Waals surface area contributed by atoms with E-state index >= 15 is 0 Å². The number of rotatable bonds is 5. The molecular formula is C20H19N3O4S. The summed E-state index contributed by atoms with van der Waals surface area (Å²) in [5, 5.41) is 7.53. The van der Waals surface area contributed by atoms with Gasteiger partial charge in [-0.25, -0.2) is 4.68 Å². The lowest BCUT2D eigenvalue weighted by Crippen LogP contribution is -2.17. The number of ether oxygens (including phenoxy) is 2. The SMILES string of the molecule is COc1ccc(C(=O)Nc2c3c(nn2-c2ccccc2)C[S@](=O)C3)c(OC)c1. The third kappa shape index (κ3) is 3.27. The van der Waals surface area contributed by atoms with E-state index in [0.29, 0.717) is 34.4 Å². The van der Waals surface area contributed by atoms with Crippen molar-refractivity contribution in [2.75, 3.05) is 19.5 Å². The fraction of sp³-hybridized carbons (Fsp3) is 0.200. The maximum atomic E-state index is 13.0. The summed E-state index contributed by atoms with van der Waals surface area (Å²) in [4.78, 5) is 13.0. The van der Waals surface area contributed by atoms with Crippen molar-refractivity contribution in [2.45, 2.75) is 11.5 Å². The van der Waals surface area contributed by atoms with E-state index in [1.807, 2.05) is 30.3 Å². The Balaban J connectivity index is 1.74. The molecule has 1 amide bonds. The Morgan fingerprint density at radius 2 is 1.89 bits per heavy atom. The Bertz CT molecular complexity index is 1060. The lowest BCUT2D eigenvalue weighted by Gasteiger charge is -2.13. The number of hydrogen-bond donors (Lipinski definition) is 1. The summed E-state index contributed by atoms with van der Waals surface area (Å²) in [6, 6.07) is 14.5. The Morgan fingerprint density at radius 3 is 2.61 bits per heavy atom. The van der Waals surface area contributed by atoms with Crippen LogP contribution in [0.25, 0.3) is 5.69 Å². The number of nitrogens with one attached hydrogen (secondary N) is 1. The Morgan fingerprint density at radius 1 is 1.11 bits per heavy atom. The highest BCUT2D eigenvalue weighted by Gasteiger charge is 2.29. The molecule has 0 unspecified atom stereocenters. The van der Waals surface area contributed by atoms with Crippen LogP contribution in [0.5, 0.6) is 11.5 Å². The molecule has 0 radical (unpaired) electrons. The summed E-state index contributed by atoms with van der Waals surface area (Å²) < 4.78 is 24.2. The van der Waals surface area contributed by atoms with Crippen LogP contribution in [0.15, 0.2) is 48.5 Å². The number of hydrogen-bond acceptors (Lipinski definition) is 5. The van der Waals surface area contributed by atoms with Gasteiger partial charge in [0, 0.05) is 22.4 Å². The smallest absolute Gasteiger partial charge is 0.260 e. The number of carbonyl (C=O) groups is 1. The van der Waals surface area contributed by atoms with Gasteiger partial charge in [0.25, 0.3) is 5.91 Å². The number of methoxy groups -OCH3 is 2. The largest absolute Gasteiger partial charge is 0.497 e. The average Bonchev–Trinajstić information content (AvgIpc) is 3.24. The van der Waals surface area contributed by atoms with E-state index in [9.17, 15) is 9.00 Å². The number of para-hydroxylation sites is 1. The molecule has 0 fully saturated rings. The van der Waals surface area contributed by atoms with Crippen LogP contribution in [0.1, 0.15) is 21.6 Å². The number of amides is 1. The van der Waals surface area contributed by atoms with E-state index < -0.39 is 10.8 Å². The van der Waals surface area contributed by atoms with Gasteiger partial charge in [-0.1, -0.05) is 18.2 Å².